The Hall–Kier alpha value is -1.86. The normalized spacial score (nSPS) is 10.0. The summed E-state index contributed by atoms with van der Waals surface area (Å²) < 4.78 is 26.1. The minimum atomic E-state index is -0.785. The van der Waals surface area contributed by atoms with Crippen LogP contribution in [0, 0.1) is 11.6 Å². The number of carbonyl (C=O) groups is 1. The largest absolute Gasteiger partial charge is 0.330 e. The van der Waals surface area contributed by atoms with Crippen LogP contribution in [0.2, 0.25) is 0 Å². The average molecular weight is 298 g/mol. The molecule has 0 fully saturated rings. The number of hydrogen-bond acceptors (Lipinski definition) is 3. The van der Waals surface area contributed by atoms with Crippen LogP contribution >= 0.6 is 23.6 Å². The first kappa shape index (κ1) is 13.6. The third kappa shape index (κ3) is 3.55. The lowest BCUT2D eigenvalue weighted by molar-refractivity contribution is 0.0981. The Bertz CT molecular complexity index is 614. The van der Waals surface area contributed by atoms with Crippen LogP contribution in [0.3, 0.4) is 0 Å². The van der Waals surface area contributed by atoms with Gasteiger partial charge in [-0.2, -0.15) is 0 Å². The number of anilines is 1. The fourth-order valence-electron chi connectivity index (χ4n) is 1.32. The Morgan fingerprint density at radius 1 is 1.26 bits per heavy atom. The number of nitrogens with one attached hydrogen (secondary N) is 2. The van der Waals surface area contributed by atoms with E-state index >= 15 is 0 Å². The second-order valence-corrected chi connectivity index (χ2v) is 4.87. The average Bonchev–Trinajstić information content (AvgIpc) is 2.86. The third-order valence-corrected chi connectivity index (χ3v) is 3.22. The zero-order valence-corrected chi connectivity index (χ0v) is 11.1. The van der Waals surface area contributed by atoms with Gasteiger partial charge in [-0.1, -0.05) is 6.07 Å². The van der Waals surface area contributed by atoms with Crippen molar-refractivity contribution in [2.75, 3.05) is 5.32 Å². The first-order valence-corrected chi connectivity index (χ1v) is 6.46. The van der Waals surface area contributed by atoms with Crippen LogP contribution in [0.15, 0.2) is 35.7 Å². The highest BCUT2D eigenvalue weighted by molar-refractivity contribution is 7.80. The van der Waals surface area contributed by atoms with Crippen LogP contribution in [0.4, 0.5) is 14.5 Å². The SMILES string of the molecule is O=C(NC(=S)Nc1ccc(F)cc1F)c1cccs1. The Morgan fingerprint density at radius 2 is 2.05 bits per heavy atom. The second kappa shape index (κ2) is 5.85. The molecule has 0 saturated carbocycles. The third-order valence-electron chi connectivity index (χ3n) is 2.15. The number of halogens is 2. The van der Waals surface area contributed by atoms with Crippen molar-refractivity contribution in [2.45, 2.75) is 0 Å². The minimum absolute atomic E-state index is 0.00196. The zero-order valence-electron chi connectivity index (χ0n) is 9.44. The lowest BCUT2D eigenvalue weighted by Crippen LogP contribution is -2.33. The molecule has 0 unspecified atom stereocenters. The van der Waals surface area contributed by atoms with Crippen LogP contribution in [0.1, 0.15) is 9.67 Å². The van der Waals surface area contributed by atoms with Gasteiger partial charge in [0.2, 0.25) is 0 Å². The molecule has 0 radical (unpaired) electrons. The fraction of sp³-hybridized carbons (Fsp3) is 0. The van der Waals surface area contributed by atoms with E-state index in [1.165, 1.54) is 17.4 Å². The number of amides is 1. The summed E-state index contributed by atoms with van der Waals surface area (Å²) >= 11 is 6.14. The van der Waals surface area contributed by atoms with Crippen LogP contribution < -0.4 is 10.6 Å². The molecular weight excluding hydrogens is 290 g/mol. The number of rotatable bonds is 2. The molecule has 0 bridgehead atoms. The van der Waals surface area contributed by atoms with Gasteiger partial charge in [0, 0.05) is 6.07 Å². The van der Waals surface area contributed by atoms with Crippen molar-refractivity contribution >= 4 is 40.3 Å². The predicted octanol–water partition coefficient (Wildman–Crippen LogP) is 3.15. The van der Waals surface area contributed by atoms with E-state index in [0.717, 1.165) is 12.1 Å². The highest BCUT2D eigenvalue weighted by Crippen LogP contribution is 2.15. The summed E-state index contributed by atoms with van der Waals surface area (Å²) in [6, 6.07) is 6.40. The van der Waals surface area contributed by atoms with Crippen molar-refractivity contribution in [3.05, 3.63) is 52.2 Å². The van der Waals surface area contributed by atoms with Gasteiger partial charge in [-0.3, -0.25) is 10.1 Å². The number of benzene rings is 1. The molecule has 19 heavy (non-hydrogen) atoms. The maximum Gasteiger partial charge on any atom is 0.267 e. The molecule has 1 aromatic heterocycles. The Kier molecular flexibility index (Phi) is 4.18. The van der Waals surface area contributed by atoms with Gasteiger partial charge in [-0.25, -0.2) is 8.78 Å². The first-order valence-electron chi connectivity index (χ1n) is 5.17. The lowest BCUT2D eigenvalue weighted by Gasteiger charge is -2.09. The van der Waals surface area contributed by atoms with E-state index in [4.69, 9.17) is 12.2 Å². The monoisotopic (exact) mass is 298 g/mol. The van der Waals surface area contributed by atoms with E-state index in [2.05, 4.69) is 10.6 Å². The summed E-state index contributed by atoms with van der Waals surface area (Å²) in [6.07, 6.45) is 0. The van der Waals surface area contributed by atoms with Gasteiger partial charge >= 0.3 is 0 Å². The number of hydrogen-bond donors (Lipinski definition) is 2. The van der Waals surface area contributed by atoms with Crippen LogP contribution in [0.25, 0.3) is 0 Å². The maximum atomic E-state index is 13.3. The van der Waals surface area contributed by atoms with E-state index in [1.807, 2.05) is 0 Å². The minimum Gasteiger partial charge on any atom is -0.330 e. The molecule has 0 aliphatic carbocycles. The molecule has 1 heterocycles. The second-order valence-electron chi connectivity index (χ2n) is 3.51. The van der Waals surface area contributed by atoms with E-state index in [9.17, 15) is 13.6 Å². The Morgan fingerprint density at radius 3 is 2.68 bits per heavy atom. The van der Waals surface area contributed by atoms with Crippen molar-refractivity contribution < 1.29 is 13.6 Å². The maximum absolute atomic E-state index is 13.3. The van der Waals surface area contributed by atoms with E-state index in [-0.39, 0.29) is 16.7 Å². The molecule has 98 valence electrons. The van der Waals surface area contributed by atoms with Gasteiger partial charge in [-0.05, 0) is 35.8 Å². The standard InChI is InChI=1S/C12H8F2N2OS2/c13-7-3-4-9(8(14)6-7)15-12(18)16-11(17)10-2-1-5-19-10/h1-6H,(H2,15,16,17,18). The molecule has 0 aliphatic rings. The van der Waals surface area contributed by atoms with Gasteiger partial charge in [0.05, 0.1) is 10.6 Å². The van der Waals surface area contributed by atoms with Crippen molar-refractivity contribution in [3.8, 4) is 0 Å². The summed E-state index contributed by atoms with van der Waals surface area (Å²) in [5.41, 5.74) is -0.00196. The topological polar surface area (TPSA) is 41.1 Å². The summed E-state index contributed by atoms with van der Waals surface area (Å²) in [5.74, 6) is -1.85. The molecule has 1 amide bonds. The molecule has 3 nitrogen and oxygen atoms in total. The van der Waals surface area contributed by atoms with Crippen molar-refractivity contribution in [1.82, 2.24) is 5.32 Å². The number of carbonyl (C=O) groups excluding carboxylic acids is 1. The van der Waals surface area contributed by atoms with Crippen LogP contribution in [-0.2, 0) is 0 Å². The summed E-state index contributed by atoms with van der Waals surface area (Å²) in [6.45, 7) is 0. The molecule has 2 rings (SSSR count). The molecule has 0 aliphatic heterocycles. The highest BCUT2D eigenvalue weighted by Gasteiger charge is 2.10. The highest BCUT2D eigenvalue weighted by atomic mass is 32.1. The van der Waals surface area contributed by atoms with E-state index in [0.29, 0.717) is 4.88 Å². The Labute approximate surface area is 117 Å². The predicted molar refractivity (Wildman–Crippen MR) is 74.4 cm³/mol. The molecular formula is C12H8F2N2OS2. The van der Waals surface area contributed by atoms with E-state index in [1.54, 1.807) is 17.5 Å². The number of thiocarbonyl (C=S) groups is 1. The summed E-state index contributed by atoms with van der Waals surface area (Å²) in [4.78, 5) is 12.2. The lowest BCUT2D eigenvalue weighted by atomic mass is 10.3. The zero-order chi connectivity index (χ0) is 13.8. The molecule has 0 spiro atoms. The van der Waals surface area contributed by atoms with Gasteiger partial charge in [0.15, 0.2) is 5.11 Å². The van der Waals surface area contributed by atoms with Gasteiger partial charge in [0.1, 0.15) is 11.6 Å². The fourth-order valence-corrected chi connectivity index (χ4v) is 2.14. The molecule has 0 atom stereocenters. The Balaban J connectivity index is 2.00. The van der Waals surface area contributed by atoms with E-state index < -0.39 is 11.6 Å². The summed E-state index contributed by atoms with van der Waals surface area (Å²) in [7, 11) is 0. The van der Waals surface area contributed by atoms with Crippen molar-refractivity contribution in [1.29, 1.82) is 0 Å². The molecule has 2 aromatic rings. The smallest absolute Gasteiger partial charge is 0.267 e. The van der Waals surface area contributed by atoms with Gasteiger partial charge in [0.25, 0.3) is 5.91 Å². The molecule has 0 saturated heterocycles. The quantitative estimate of drug-likeness (QED) is 0.837. The first-order chi connectivity index (χ1) is 9.06. The van der Waals surface area contributed by atoms with Crippen molar-refractivity contribution in [3.63, 3.8) is 0 Å². The number of thiophene rings is 1. The molecule has 7 heteroatoms. The van der Waals surface area contributed by atoms with Gasteiger partial charge in [-0.15, -0.1) is 11.3 Å². The van der Waals surface area contributed by atoms with Crippen LogP contribution in [-0.4, -0.2) is 11.0 Å². The van der Waals surface area contributed by atoms with Crippen molar-refractivity contribution in [2.24, 2.45) is 0 Å². The van der Waals surface area contributed by atoms with Crippen LogP contribution in [0.5, 0.6) is 0 Å². The molecule has 2 N–H and O–H groups in total. The molecule has 1 aromatic carbocycles. The summed E-state index contributed by atoms with van der Waals surface area (Å²) in [5, 5.41) is 6.60. The van der Waals surface area contributed by atoms with Gasteiger partial charge < -0.3 is 5.32 Å².